The Morgan fingerprint density at radius 1 is 1.20 bits per heavy atom. The van der Waals surface area contributed by atoms with Gasteiger partial charge in [0.05, 0.1) is 0 Å². The van der Waals surface area contributed by atoms with E-state index in [0.717, 1.165) is 12.0 Å². The summed E-state index contributed by atoms with van der Waals surface area (Å²) in [6.07, 6.45) is 3.98. The van der Waals surface area contributed by atoms with E-state index in [1.54, 1.807) is 0 Å². The molecule has 0 fully saturated rings. The lowest BCUT2D eigenvalue weighted by atomic mass is 9.90. The molecule has 1 aromatic carbocycles. The highest BCUT2D eigenvalue weighted by Crippen LogP contribution is 2.29. The highest BCUT2D eigenvalue weighted by molar-refractivity contribution is 5.67. The number of benzene rings is 1. The van der Waals surface area contributed by atoms with Crippen LogP contribution in [-0.2, 0) is 0 Å². The molecule has 80 valence electrons. The quantitative estimate of drug-likeness (QED) is 0.756. The summed E-state index contributed by atoms with van der Waals surface area (Å²) in [5.41, 5.74) is 6.58. The maximum atomic E-state index is 13.4. The van der Waals surface area contributed by atoms with Crippen molar-refractivity contribution in [1.29, 1.82) is 0 Å². The Labute approximate surface area is 87.6 Å². The third-order valence-electron chi connectivity index (χ3n) is 2.74. The summed E-state index contributed by atoms with van der Waals surface area (Å²) in [4.78, 5) is 0. The zero-order valence-electron chi connectivity index (χ0n) is 8.34. The van der Waals surface area contributed by atoms with Crippen LogP contribution in [0.1, 0.15) is 24.8 Å². The highest BCUT2D eigenvalue weighted by Gasteiger charge is 2.17. The minimum absolute atomic E-state index is 0.115. The average Bonchev–Trinajstić information content (AvgIpc) is 2.20. The molecule has 0 spiro atoms. The van der Waals surface area contributed by atoms with Crippen LogP contribution in [0.3, 0.4) is 0 Å². The molecule has 0 amide bonds. The Morgan fingerprint density at radius 2 is 1.87 bits per heavy atom. The molecule has 0 aliphatic heterocycles. The molecule has 1 atom stereocenters. The van der Waals surface area contributed by atoms with Crippen molar-refractivity contribution in [1.82, 2.24) is 0 Å². The zero-order chi connectivity index (χ0) is 10.8. The molecule has 15 heavy (non-hydrogen) atoms. The minimum atomic E-state index is -0.489. The van der Waals surface area contributed by atoms with E-state index in [0.29, 0.717) is 12.8 Å². The molecule has 1 aromatic rings. The third kappa shape index (κ3) is 2.07. The van der Waals surface area contributed by atoms with Crippen LogP contribution < -0.4 is 5.73 Å². The van der Waals surface area contributed by atoms with Crippen molar-refractivity contribution in [2.45, 2.75) is 25.3 Å². The Kier molecular flexibility index (Phi) is 2.82. The fraction of sp³-hybridized carbons (Fsp3) is 0.333. The molecule has 1 unspecified atom stereocenters. The summed E-state index contributed by atoms with van der Waals surface area (Å²) in [6, 6.07) is 4.08. The van der Waals surface area contributed by atoms with Crippen molar-refractivity contribution in [2.75, 3.05) is 0 Å². The zero-order valence-corrected chi connectivity index (χ0v) is 8.34. The third-order valence-corrected chi connectivity index (χ3v) is 2.74. The lowest BCUT2D eigenvalue weighted by Crippen LogP contribution is -2.21. The molecule has 2 rings (SSSR count). The first-order chi connectivity index (χ1) is 7.18. The van der Waals surface area contributed by atoms with E-state index in [1.807, 2.05) is 6.08 Å². The van der Waals surface area contributed by atoms with E-state index in [1.165, 1.54) is 18.2 Å². The molecule has 0 aromatic heterocycles. The van der Waals surface area contributed by atoms with Crippen LogP contribution in [0.25, 0.3) is 5.57 Å². The van der Waals surface area contributed by atoms with Gasteiger partial charge in [-0.05, 0) is 37.0 Å². The summed E-state index contributed by atoms with van der Waals surface area (Å²) < 4.78 is 26.8. The number of allylic oxidation sites excluding steroid dienone is 1. The van der Waals surface area contributed by atoms with Gasteiger partial charge in [-0.3, -0.25) is 0 Å². The van der Waals surface area contributed by atoms with Gasteiger partial charge in [0.25, 0.3) is 0 Å². The largest absolute Gasteiger partial charge is 0.327 e. The fourth-order valence-corrected chi connectivity index (χ4v) is 1.89. The number of rotatable bonds is 1. The first kappa shape index (κ1) is 10.3. The maximum absolute atomic E-state index is 13.4. The second-order valence-corrected chi connectivity index (χ2v) is 3.86. The van der Waals surface area contributed by atoms with Crippen molar-refractivity contribution >= 4 is 5.57 Å². The lowest BCUT2D eigenvalue weighted by molar-refractivity contribution is 0.566. The fourth-order valence-electron chi connectivity index (χ4n) is 1.89. The van der Waals surface area contributed by atoms with Gasteiger partial charge >= 0.3 is 0 Å². The molecule has 0 heterocycles. The van der Waals surface area contributed by atoms with E-state index in [9.17, 15) is 8.78 Å². The van der Waals surface area contributed by atoms with Crippen LogP contribution >= 0.6 is 0 Å². The van der Waals surface area contributed by atoms with Gasteiger partial charge in [0.2, 0.25) is 0 Å². The van der Waals surface area contributed by atoms with Crippen LogP contribution in [0.15, 0.2) is 24.3 Å². The first-order valence-electron chi connectivity index (χ1n) is 5.07. The van der Waals surface area contributed by atoms with Gasteiger partial charge in [0.15, 0.2) is 0 Å². The van der Waals surface area contributed by atoms with E-state index < -0.39 is 11.6 Å². The number of hydrogen-bond acceptors (Lipinski definition) is 1. The smallest absolute Gasteiger partial charge is 0.133 e. The summed E-state index contributed by atoms with van der Waals surface area (Å²) in [5, 5.41) is 0. The SMILES string of the molecule is NC1CC=C(c2c(F)cccc2F)CC1. The first-order valence-corrected chi connectivity index (χ1v) is 5.07. The minimum Gasteiger partial charge on any atom is -0.327 e. The van der Waals surface area contributed by atoms with Crippen molar-refractivity contribution in [3.8, 4) is 0 Å². The van der Waals surface area contributed by atoms with Crippen LogP contribution in [0.5, 0.6) is 0 Å². The Hall–Kier alpha value is -1.22. The number of nitrogens with two attached hydrogens (primary N) is 1. The second-order valence-electron chi connectivity index (χ2n) is 3.86. The van der Waals surface area contributed by atoms with Crippen molar-refractivity contribution in [2.24, 2.45) is 5.73 Å². The predicted octanol–water partition coefficient (Wildman–Crippen LogP) is 2.86. The van der Waals surface area contributed by atoms with Crippen molar-refractivity contribution in [3.05, 3.63) is 41.5 Å². The molecule has 3 heteroatoms. The molecule has 1 aliphatic carbocycles. The van der Waals surface area contributed by atoms with Gasteiger partial charge in [-0.15, -0.1) is 0 Å². The number of halogens is 2. The molecule has 0 radical (unpaired) electrons. The van der Waals surface area contributed by atoms with Gasteiger partial charge in [0, 0.05) is 11.6 Å². The van der Waals surface area contributed by atoms with Crippen LogP contribution in [0.2, 0.25) is 0 Å². The molecule has 0 saturated heterocycles. The van der Waals surface area contributed by atoms with Gasteiger partial charge < -0.3 is 5.73 Å². The number of hydrogen-bond donors (Lipinski definition) is 1. The summed E-state index contributed by atoms with van der Waals surface area (Å²) >= 11 is 0. The molecular formula is C12H13F2N. The van der Waals surface area contributed by atoms with Gasteiger partial charge in [-0.1, -0.05) is 12.1 Å². The standard InChI is InChI=1S/C12H13F2N/c13-10-2-1-3-11(14)12(10)8-4-6-9(15)7-5-8/h1-4,9H,5-7,15H2. The summed E-state index contributed by atoms with van der Waals surface area (Å²) in [5.74, 6) is -0.978. The molecule has 1 nitrogen and oxygen atoms in total. The monoisotopic (exact) mass is 209 g/mol. The Bertz CT molecular complexity index is 378. The van der Waals surface area contributed by atoms with E-state index in [2.05, 4.69) is 0 Å². The van der Waals surface area contributed by atoms with Crippen molar-refractivity contribution < 1.29 is 8.78 Å². The van der Waals surface area contributed by atoms with E-state index >= 15 is 0 Å². The van der Waals surface area contributed by atoms with Crippen LogP contribution in [0, 0.1) is 11.6 Å². The molecular weight excluding hydrogens is 196 g/mol. The lowest BCUT2D eigenvalue weighted by Gasteiger charge is -2.19. The molecule has 0 saturated carbocycles. The van der Waals surface area contributed by atoms with Gasteiger partial charge in [-0.2, -0.15) is 0 Å². The van der Waals surface area contributed by atoms with E-state index in [4.69, 9.17) is 5.73 Å². The topological polar surface area (TPSA) is 26.0 Å². The highest BCUT2D eigenvalue weighted by atomic mass is 19.1. The molecule has 2 N–H and O–H groups in total. The summed E-state index contributed by atoms with van der Waals surface area (Å²) in [6.45, 7) is 0. The predicted molar refractivity (Wildman–Crippen MR) is 56.2 cm³/mol. The molecule has 0 bridgehead atoms. The maximum Gasteiger partial charge on any atom is 0.133 e. The Balaban J connectivity index is 2.38. The average molecular weight is 209 g/mol. The van der Waals surface area contributed by atoms with E-state index in [-0.39, 0.29) is 11.6 Å². The van der Waals surface area contributed by atoms with Crippen LogP contribution in [0.4, 0.5) is 8.78 Å². The van der Waals surface area contributed by atoms with Crippen LogP contribution in [-0.4, -0.2) is 6.04 Å². The Morgan fingerprint density at radius 3 is 2.40 bits per heavy atom. The molecule has 1 aliphatic rings. The van der Waals surface area contributed by atoms with Crippen molar-refractivity contribution in [3.63, 3.8) is 0 Å². The summed E-state index contributed by atoms with van der Waals surface area (Å²) in [7, 11) is 0. The van der Waals surface area contributed by atoms with Gasteiger partial charge in [0.1, 0.15) is 11.6 Å². The second kappa shape index (κ2) is 4.11. The van der Waals surface area contributed by atoms with Gasteiger partial charge in [-0.25, -0.2) is 8.78 Å². The normalized spacial score (nSPS) is 21.3.